The van der Waals surface area contributed by atoms with Crippen molar-refractivity contribution in [2.75, 3.05) is 5.73 Å². The van der Waals surface area contributed by atoms with E-state index in [-0.39, 0.29) is 0 Å². The molecule has 2 heterocycles. The maximum absolute atomic E-state index is 5.73. The Bertz CT molecular complexity index is 382. The van der Waals surface area contributed by atoms with Crippen molar-refractivity contribution in [2.45, 2.75) is 6.92 Å². The highest BCUT2D eigenvalue weighted by Crippen LogP contribution is 2.19. The molecule has 0 unspecified atom stereocenters. The molecule has 0 atom stereocenters. The first-order chi connectivity index (χ1) is 5.79. The number of nitrogens with two attached hydrogens (primary N) is 1. The van der Waals surface area contributed by atoms with E-state index >= 15 is 0 Å². The molecule has 0 radical (unpaired) electrons. The van der Waals surface area contributed by atoms with E-state index in [0.29, 0.717) is 5.69 Å². The topological polar surface area (TPSA) is 51.8 Å². The molecule has 12 heavy (non-hydrogen) atoms. The molecule has 0 saturated carbocycles. The van der Waals surface area contributed by atoms with E-state index in [4.69, 9.17) is 5.73 Å². The molecule has 0 fully saturated rings. The lowest BCUT2D eigenvalue weighted by Gasteiger charge is -2.01. The van der Waals surface area contributed by atoms with Gasteiger partial charge in [0, 0.05) is 28.9 Å². The van der Waals surface area contributed by atoms with Crippen LogP contribution in [-0.2, 0) is 0 Å². The Kier molecular flexibility index (Phi) is 1.43. The maximum atomic E-state index is 5.73. The Morgan fingerprint density at radius 3 is 2.83 bits per heavy atom. The lowest BCUT2D eigenvalue weighted by Crippen LogP contribution is -1.91. The smallest absolute Gasteiger partial charge is 0.0581 e. The molecule has 0 aliphatic rings. The minimum absolute atomic E-state index is 0.706. The molecule has 60 valence electrons. The Morgan fingerprint density at radius 1 is 1.25 bits per heavy atom. The number of nitrogens with zero attached hydrogens (tertiary/aromatic N) is 2. The summed E-state index contributed by atoms with van der Waals surface area (Å²) >= 11 is 0. The first-order valence-corrected chi connectivity index (χ1v) is 3.74. The van der Waals surface area contributed by atoms with Crippen molar-refractivity contribution >= 4 is 16.5 Å². The highest BCUT2D eigenvalue weighted by Gasteiger charge is 1.99. The van der Waals surface area contributed by atoms with Crippen molar-refractivity contribution in [1.29, 1.82) is 0 Å². The van der Waals surface area contributed by atoms with Gasteiger partial charge >= 0.3 is 0 Å². The van der Waals surface area contributed by atoms with Gasteiger partial charge < -0.3 is 5.73 Å². The van der Waals surface area contributed by atoms with E-state index in [9.17, 15) is 0 Å². The van der Waals surface area contributed by atoms with Crippen molar-refractivity contribution in [3.05, 3.63) is 30.4 Å². The fraction of sp³-hybridized carbons (Fsp3) is 0.111. The zero-order valence-electron chi connectivity index (χ0n) is 6.78. The first-order valence-electron chi connectivity index (χ1n) is 3.74. The number of hydrogen-bond donors (Lipinski definition) is 1. The standard InChI is InChI=1S/C9H9N3/c1-6-8-4-11-5-9(10)7(8)2-3-12-6/h2-5H,10H2,1H3. The summed E-state index contributed by atoms with van der Waals surface area (Å²) in [5.74, 6) is 0. The van der Waals surface area contributed by atoms with E-state index in [1.54, 1.807) is 18.6 Å². The van der Waals surface area contributed by atoms with Crippen molar-refractivity contribution in [3.63, 3.8) is 0 Å². The molecule has 2 rings (SSSR count). The van der Waals surface area contributed by atoms with Crippen LogP contribution in [0.4, 0.5) is 5.69 Å². The minimum atomic E-state index is 0.706. The number of nitrogen functional groups attached to an aromatic ring is 1. The van der Waals surface area contributed by atoms with Gasteiger partial charge in [-0.05, 0) is 13.0 Å². The molecule has 0 spiro atoms. The number of rotatable bonds is 0. The number of aryl methyl sites for hydroxylation is 1. The fourth-order valence-corrected chi connectivity index (χ4v) is 1.25. The maximum Gasteiger partial charge on any atom is 0.0581 e. The van der Waals surface area contributed by atoms with E-state index < -0.39 is 0 Å². The molecule has 0 aromatic carbocycles. The van der Waals surface area contributed by atoms with Crippen LogP contribution in [0.1, 0.15) is 5.69 Å². The van der Waals surface area contributed by atoms with Crippen LogP contribution >= 0.6 is 0 Å². The Balaban J connectivity index is 2.94. The molecule has 2 N–H and O–H groups in total. The highest BCUT2D eigenvalue weighted by atomic mass is 14.7. The molecule has 0 bridgehead atoms. The van der Waals surface area contributed by atoms with Crippen LogP contribution in [0.2, 0.25) is 0 Å². The van der Waals surface area contributed by atoms with Crippen LogP contribution in [-0.4, -0.2) is 9.97 Å². The average Bonchev–Trinajstić information content (AvgIpc) is 2.07. The zero-order chi connectivity index (χ0) is 8.55. The fourth-order valence-electron chi connectivity index (χ4n) is 1.25. The summed E-state index contributed by atoms with van der Waals surface area (Å²) in [6.07, 6.45) is 5.20. The number of hydrogen-bond acceptors (Lipinski definition) is 3. The zero-order valence-corrected chi connectivity index (χ0v) is 6.78. The Labute approximate surface area is 70.3 Å². The average molecular weight is 159 g/mol. The van der Waals surface area contributed by atoms with Crippen LogP contribution in [0.3, 0.4) is 0 Å². The van der Waals surface area contributed by atoms with Crippen molar-refractivity contribution in [1.82, 2.24) is 9.97 Å². The van der Waals surface area contributed by atoms with Gasteiger partial charge in [-0.15, -0.1) is 0 Å². The molecule has 3 heteroatoms. The summed E-state index contributed by atoms with van der Waals surface area (Å²) in [6, 6.07) is 1.90. The lowest BCUT2D eigenvalue weighted by molar-refractivity contribution is 1.22. The van der Waals surface area contributed by atoms with Crippen molar-refractivity contribution in [2.24, 2.45) is 0 Å². The molecular formula is C9H9N3. The van der Waals surface area contributed by atoms with E-state index in [1.165, 1.54) is 0 Å². The monoisotopic (exact) mass is 159 g/mol. The second kappa shape index (κ2) is 2.44. The molecule has 2 aromatic heterocycles. The SMILES string of the molecule is Cc1nccc2c(N)cncc12. The van der Waals surface area contributed by atoms with Crippen molar-refractivity contribution in [3.8, 4) is 0 Å². The summed E-state index contributed by atoms with van der Waals surface area (Å²) in [5.41, 5.74) is 7.41. The van der Waals surface area contributed by atoms with Gasteiger partial charge in [0.2, 0.25) is 0 Å². The van der Waals surface area contributed by atoms with Crippen LogP contribution in [0, 0.1) is 6.92 Å². The van der Waals surface area contributed by atoms with Gasteiger partial charge in [0.25, 0.3) is 0 Å². The van der Waals surface area contributed by atoms with Crippen LogP contribution in [0.5, 0.6) is 0 Å². The first kappa shape index (κ1) is 7.03. The highest BCUT2D eigenvalue weighted by molar-refractivity contribution is 5.92. The third kappa shape index (κ3) is 0.906. The molecule has 3 nitrogen and oxygen atoms in total. The van der Waals surface area contributed by atoms with E-state index in [2.05, 4.69) is 9.97 Å². The van der Waals surface area contributed by atoms with E-state index in [0.717, 1.165) is 16.5 Å². The molecular weight excluding hydrogens is 150 g/mol. The van der Waals surface area contributed by atoms with Gasteiger partial charge in [-0.1, -0.05) is 0 Å². The molecule has 0 aliphatic heterocycles. The number of fused-ring (bicyclic) bond motifs is 1. The van der Waals surface area contributed by atoms with Gasteiger partial charge in [-0.25, -0.2) is 0 Å². The van der Waals surface area contributed by atoms with Gasteiger partial charge in [0.15, 0.2) is 0 Å². The molecule has 2 aromatic rings. The summed E-state index contributed by atoms with van der Waals surface area (Å²) in [4.78, 5) is 8.16. The second-order valence-electron chi connectivity index (χ2n) is 2.72. The predicted molar refractivity (Wildman–Crippen MR) is 48.7 cm³/mol. The number of pyridine rings is 2. The van der Waals surface area contributed by atoms with Gasteiger partial charge in [0.1, 0.15) is 0 Å². The third-order valence-corrected chi connectivity index (χ3v) is 1.92. The van der Waals surface area contributed by atoms with Crippen LogP contribution < -0.4 is 5.73 Å². The molecule has 0 saturated heterocycles. The normalized spacial score (nSPS) is 10.4. The predicted octanol–water partition coefficient (Wildman–Crippen LogP) is 1.52. The second-order valence-corrected chi connectivity index (χ2v) is 2.72. The van der Waals surface area contributed by atoms with E-state index in [1.807, 2.05) is 13.0 Å². The number of anilines is 1. The Morgan fingerprint density at radius 2 is 2.08 bits per heavy atom. The number of aromatic nitrogens is 2. The Hall–Kier alpha value is -1.64. The van der Waals surface area contributed by atoms with Crippen LogP contribution in [0.15, 0.2) is 24.7 Å². The minimum Gasteiger partial charge on any atom is -0.397 e. The molecule has 0 aliphatic carbocycles. The van der Waals surface area contributed by atoms with Gasteiger partial charge in [0.05, 0.1) is 11.9 Å². The third-order valence-electron chi connectivity index (χ3n) is 1.92. The van der Waals surface area contributed by atoms with Crippen molar-refractivity contribution < 1.29 is 0 Å². The van der Waals surface area contributed by atoms with Gasteiger partial charge in [-0.3, -0.25) is 9.97 Å². The summed E-state index contributed by atoms with van der Waals surface area (Å²) < 4.78 is 0. The quantitative estimate of drug-likeness (QED) is 0.634. The van der Waals surface area contributed by atoms with Crippen LogP contribution in [0.25, 0.3) is 10.8 Å². The largest absolute Gasteiger partial charge is 0.397 e. The summed E-state index contributed by atoms with van der Waals surface area (Å²) in [5, 5.41) is 2.05. The molecule has 0 amide bonds. The summed E-state index contributed by atoms with van der Waals surface area (Å²) in [7, 11) is 0. The lowest BCUT2D eigenvalue weighted by atomic mass is 10.1. The summed E-state index contributed by atoms with van der Waals surface area (Å²) in [6.45, 7) is 1.95. The van der Waals surface area contributed by atoms with Gasteiger partial charge in [-0.2, -0.15) is 0 Å².